The zero-order valence-electron chi connectivity index (χ0n) is 10.3. The van der Waals surface area contributed by atoms with Crippen LogP contribution in [0.5, 0.6) is 0 Å². The van der Waals surface area contributed by atoms with Crippen LogP contribution in [-0.2, 0) is 6.42 Å². The molecule has 0 heterocycles. The maximum Gasteiger partial charge on any atom is 0.0438 e. The van der Waals surface area contributed by atoms with E-state index in [1.807, 2.05) is 12.1 Å². The molecule has 0 aliphatic heterocycles. The molecule has 0 unspecified atom stereocenters. The van der Waals surface area contributed by atoms with Crippen molar-refractivity contribution in [3.8, 4) is 0 Å². The Bertz CT molecular complexity index is 492. The third-order valence-electron chi connectivity index (χ3n) is 3.07. The molecule has 2 heteroatoms. The maximum absolute atomic E-state index is 6.09. The molecule has 0 atom stereocenters. The van der Waals surface area contributed by atoms with Gasteiger partial charge < -0.3 is 6.15 Å². The summed E-state index contributed by atoms with van der Waals surface area (Å²) in [4.78, 5) is 0. The number of benzene rings is 2. The number of hydrogen-bond acceptors (Lipinski definition) is 1. The molecule has 0 aromatic heterocycles. The Labute approximate surface area is 108 Å². The van der Waals surface area contributed by atoms with Crippen LogP contribution in [-0.4, -0.2) is 0 Å². The quantitative estimate of drug-likeness (QED) is 0.820. The molecule has 0 aliphatic carbocycles. The van der Waals surface area contributed by atoms with Crippen LogP contribution in [0.3, 0.4) is 0 Å². The zero-order valence-corrected chi connectivity index (χ0v) is 11.1. The molecule has 90 valence electrons. The van der Waals surface area contributed by atoms with Gasteiger partial charge in [-0.15, -0.1) is 0 Å². The molecule has 3 N–H and O–H groups in total. The Hall–Kier alpha value is -1.31. The summed E-state index contributed by atoms with van der Waals surface area (Å²) in [5.41, 5.74) is 5.19. The van der Waals surface area contributed by atoms with Crippen LogP contribution in [0.2, 0.25) is 5.02 Å². The molecule has 0 radical (unpaired) electrons. The minimum Gasteiger partial charge on any atom is -0.344 e. The van der Waals surface area contributed by atoms with E-state index in [-0.39, 0.29) is 6.15 Å². The first-order valence-electron chi connectivity index (χ1n) is 5.47. The largest absolute Gasteiger partial charge is 0.344 e. The van der Waals surface area contributed by atoms with Crippen LogP contribution in [0.25, 0.3) is 0 Å². The Morgan fingerprint density at radius 2 is 1.53 bits per heavy atom. The summed E-state index contributed by atoms with van der Waals surface area (Å²) in [6.45, 7) is 4.21. The molecule has 0 bridgehead atoms. The fourth-order valence-electron chi connectivity index (χ4n) is 1.85. The summed E-state index contributed by atoms with van der Waals surface area (Å²) < 4.78 is 0. The standard InChI is InChI=1S/C15H15Cl.H3N/c1-11-12(2)15(16)9-8-14(11)10-13-6-4-3-5-7-13;/h3-9H,10H2,1-2H3;1H3. The van der Waals surface area contributed by atoms with E-state index in [0.29, 0.717) is 0 Å². The third kappa shape index (κ3) is 3.09. The first-order valence-corrected chi connectivity index (χ1v) is 5.85. The summed E-state index contributed by atoms with van der Waals surface area (Å²) in [5.74, 6) is 0. The monoisotopic (exact) mass is 247 g/mol. The van der Waals surface area contributed by atoms with E-state index < -0.39 is 0 Å². The van der Waals surface area contributed by atoms with Crippen molar-refractivity contribution in [3.63, 3.8) is 0 Å². The van der Waals surface area contributed by atoms with E-state index in [0.717, 1.165) is 11.4 Å². The molecule has 2 rings (SSSR count). The smallest absolute Gasteiger partial charge is 0.0438 e. The van der Waals surface area contributed by atoms with Crippen molar-refractivity contribution in [1.29, 1.82) is 0 Å². The predicted molar refractivity (Wildman–Crippen MR) is 75.2 cm³/mol. The molecule has 0 amide bonds. The lowest BCUT2D eigenvalue weighted by atomic mass is 9.97. The van der Waals surface area contributed by atoms with Crippen LogP contribution in [0, 0.1) is 13.8 Å². The van der Waals surface area contributed by atoms with Crippen LogP contribution < -0.4 is 6.15 Å². The molecule has 0 aliphatic rings. The van der Waals surface area contributed by atoms with E-state index in [1.54, 1.807) is 0 Å². The lowest BCUT2D eigenvalue weighted by molar-refractivity contribution is 1.14. The summed E-state index contributed by atoms with van der Waals surface area (Å²) in [7, 11) is 0. The van der Waals surface area contributed by atoms with E-state index in [9.17, 15) is 0 Å². The van der Waals surface area contributed by atoms with Gasteiger partial charge in [-0.3, -0.25) is 0 Å². The molecule has 2 aromatic carbocycles. The second-order valence-corrected chi connectivity index (χ2v) is 4.53. The minimum atomic E-state index is 0. The van der Waals surface area contributed by atoms with Gasteiger partial charge in [-0.25, -0.2) is 0 Å². The lowest BCUT2D eigenvalue weighted by Crippen LogP contribution is -1.94. The highest BCUT2D eigenvalue weighted by atomic mass is 35.5. The van der Waals surface area contributed by atoms with Crippen LogP contribution in [0.4, 0.5) is 0 Å². The highest BCUT2D eigenvalue weighted by Crippen LogP contribution is 2.23. The van der Waals surface area contributed by atoms with Gasteiger partial charge in [0.15, 0.2) is 0 Å². The fourth-order valence-corrected chi connectivity index (χ4v) is 2.06. The molecule has 2 aromatic rings. The molecule has 0 spiro atoms. The number of hydrogen-bond donors (Lipinski definition) is 1. The van der Waals surface area contributed by atoms with Crippen molar-refractivity contribution in [1.82, 2.24) is 6.15 Å². The van der Waals surface area contributed by atoms with E-state index in [1.165, 1.54) is 22.3 Å². The van der Waals surface area contributed by atoms with Gasteiger partial charge in [0.25, 0.3) is 0 Å². The molecule has 0 saturated heterocycles. The SMILES string of the molecule is Cc1c(Cl)ccc(Cc2ccccc2)c1C.N. The average Bonchev–Trinajstić information content (AvgIpc) is 2.31. The van der Waals surface area contributed by atoms with Crippen LogP contribution in [0.1, 0.15) is 22.3 Å². The van der Waals surface area contributed by atoms with Gasteiger partial charge in [-0.2, -0.15) is 0 Å². The Kier molecular flexibility index (Phi) is 4.73. The number of halogens is 1. The van der Waals surface area contributed by atoms with Crippen LogP contribution >= 0.6 is 11.6 Å². The van der Waals surface area contributed by atoms with E-state index >= 15 is 0 Å². The lowest BCUT2D eigenvalue weighted by Gasteiger charge is -2.10. The summed E-state index contributed by atoms with van der Waals surface area (Å²) in [6.07, 6.45) is 0.977. The molecular formula is C15H18ClN. The van der Waals surface area contributed by atoms with Gasteiger partial charge in [0.05, 0.1) is 0 Å². The summed E-state index contributed by atoms with van der Waals surface area (Å²) in [5, 5.41) is 0.856. The Balaban J connectivity index is 0.00000144. The second-order valence-electron chi connectivity index (χ2n) is 4.12. The molecule has 0 saturated carbocycles. The van der Waals surface area contributed by atoms with Gasteiger partial charge in [-0.1, -0.05) is 48.0 Å². The summed E-state index contributed by atoms with van der Waals surface area (Å²) >= 11 is 6.09. The average molecular weight is 248 g/mol. The Morgan fingerprint density at radius 1 is 0.882 bits per heavy atom. The molecule has 0 fully saturated rings. The van der Waals surface area contributed by atoms with Crippen molar-refractivity contribution in [2.24, 2.45) is 0 Å². The van der Waals surface area contributed by atoms with Gasteiger partial charge in [0, 0.05) is 5.02 Å². The Morgan fingerprint density at radius 3 is 2.18 bits per heavy atom. The zero-order chi connectivity index (χ0) is 11.5. The van der Waals surface area contributed by atoms with Gasteiger partial charge >= 0.3 is 0 Å². The van der Waals surface area contributed by atoms with Crippen molar-refractivity contribution >= 4 is 11.6 Å². The van der Waals surface area contributed by atoms with Crippen LogP contribution in [0.15, 0.2) is 42.5 Å². The third-order valence-corrected chi connectivity index (χ3v) is 3.48. The van der Waals surface area contributed by atoms with Crippen molar-refractivity contribution < 1.29 is 0 Å². The van der Waals surface area contributed by atoms with Gasteiger partial charge in [-0.05, 0) is 48.6 Å². The molecular weight excluding hydrogens is 230 g/mol. The maximum atomic E-state index is 6.09. The highest BCUT2D eigenvalue weighted by Gasteiger charge is 2.05. The number of rotatable bonds is 2. The van der Waals surface area contributed by atoms with E-state index in [4.69, 9.17) is 11.6 Å². The van der Waals surface area contributed by atoms with Gasteiger partial charge in [0.1, 0.15) is 0 Å². The molecule has 17 heavy (non-hydrogen) atoms. The van der Waals surface area contributed by atoms with Crippen molar-refractivity contribution in [2.45, 2.75) is 20.3 Å². The van der Waals surface area contributed by atoms with Gasteiger partial charge in [0.2, 0.25) is 0 Å². The summed E-state index contributed by atoms with van der Waals surface area (Å²) in [6, 6.07) is 14.6. The van der Waals surface area contributed by atoms with Crippen molar-refractivity contribution in [2.75, 3.05) is 0 Å². The van der Waals surface area contributed by atoms with E-state index in [2.05, 4.69) is 44.2 Å². The second kappa shape index (κ2) is 5.85. The minimum absolute atomic E-state index is 0. The normalized spacial score (nSPS) is 9.82. The first-order chi connectivity index (χ1) is 7.68. The highest BCUT2D eigenvalue weighted by molar-refractivity contribution is 6.31. The van der Waals surface area contributed by atoms with Crippen molar-refractivity contribution in [3.05, 3.63) is 69.7 Å². The molecule has 1 nitrogen and oxygen atoms in total. The fraction of sp³-hybridized carbons (Fsp3) is 0.200. The predicted octanol–water partition coefficient (Wildman–Crippen LogP) is 4.71. The first kappa shape index (κ1) is 13.8. The topological polar surface area (TPSA) is 35.0 Å².